The van der Waals surface area contributed by atoms with Crippen LogP contribution in [0.3, 0.4) is 0 Å². The van der Waals surface area contributed by atoms with Gasteiger partial charge in [-0.3, -0.25) is 9.35 Å². The molecular weight excluding hydrogens is 231 g/mol. The molecule has 0 aromatic heterocycles. The van der Waals surface area contributed by atoms with Crippen molar-refractivity contribution in [3.05, 3.63) is 0 Å². The second-order valence-electron chi connectivity index (χ2n) is 1.03. The third-order valence-corrected chi connectivity index (χ3v) is 0.175. The Bertz CT molecular complexity index is 179. The molecule has 0 saturated carbocycles. The zero-order chi connectivity index (χ0) is 8.78. The van der Waals surface area contributed by atoms with Gasteiger partial charge in [0.1, 0.15) is 0 Å². The molecule has 0 bridgehead atoms. The molecule has 0 heterocycles. The van der Waals surface area contributed by atoms with E-state index in [9.17, 15) is 4.79 Å². The van der Waals surface area contributed by atoms with E-state index >= 15 is 0 Å². The molecule has 0 aromatic carbocycles. The standard InChI is InChI=1S/C2H5NO2.H2O4S.Zn/c3-1-2(4)5;1-5(2,3)4;/h1,3H2,(H,4,5);(H2,1,2,3,4);/p-1. The molecular formula is C2H6NO6SZn-. The molecule has 0 aliphatic heterocycles. The number of carboxylic acid groups (broad SMARTS) is 1. The third-order valence-electron chi connectivity index (χ3n) is 0.175. The van der Waals surface area contributed by atoms with Crippen molar-refractivity contribution in [2.45, 2.75) is 0 Å². The van der Waals surface area contributed by atoms with Crippen molar-refractivity contribution >= 4 is 16.4 Å². The van der Waals surface area contributed by atoms with Crippen molar-refractivity contribution in [2.24, 2.45) is 5.73 Å². The zero-order valence-corrected chi connectivity index (χ0v) is 9.21. The molecule has 64 valence electrons. The molecule has 0 rings (SSSR count). The first kappa shape index (κ1) is 17.1. The molecule has 0 amide bonds. The number of nitrogens with two attached hydrogens (primary N) is 1. The predicted octanol–water partition coefficient (Wildman–Crippen LogP) is -1.97. The van der Waals surface area contributed by atoms with Gasteiger partial charge in [-0.15, -0.1) is 0 Å². The molecule has 0 saturated heterocycles. The Labute approximate surface area is 75.9 Å². The van der Waals surface area contributed by atoms with Gasteiger partial charge in [0.15, 0.2) is 0 Å². The van der Waals surface area contributed by atoms with Gasteiger partial charge in [-0.2, -0.15) is 0 Å². The minimum atomic E-state index is -4.92. The van der Waals surface area contributed by atoms with Crippen molar-refractivity contribution < 1.29 is 46.9 Å². The van der Waals surface area contributed by atoms with Gasteiger partial charge in [-0.05, 0) is 0 Å². The van der Waals surface area contributed by atoms with E-state index in [2.05, 4.69) is 5.73 Å². The van der Waals surface area contributed by atoms with Crippen molar-refractivity contribution in [3.63, 3.8) is 0 Å². The zero-order valence-electron chi connectivity index (χ0n) is 5.43. The van der Waals surface area contributed by atoms with E-state index in [1.165, 1.54) is 0 Å². The van der Waals surface area contributed by atoms with E-state index in [0.29, 0.717) is 0 Å². The average molecular weight is 238 g/mol. The minimum Gasteiger partial charge on any atom is -0.726 e. The Morgan fingerprint density at radius 2 is 1.64 bits per heavy atom. The summed E-state index contributed by atoms with van der Waals surface area (Å²) in [7, 11) is -4.92. The molecule has 0 radical (unpaired) electrons. The van der Waals surface area contributed by atoms with E-state index in [0.717, 1.165) is 0 Å². The first-order chi connectivity index (χ1) is 4.27. The fourth-order valence-corrected chi connectivity index (χ4v) is 0. The largest absolute Gasteiger partial charge is 0.726 e. The van der Waals surface area contributed by atoms with Crippen LogP contribution in [0.1, 0.15) is 0 Å². The van der Waals surface area contributed by atoms with Crippen LogP contribution in [-0.4, -0.2) is 35.1 Å². The summed E-state index contributed by atoms with van der Waals surface area (Å²) in [5, 5.41) is 7.60. The van der Waals surface area contributed by atoms with Gasteiger partial charge in [-0.25, -0.2) is 8.42 Å². The van der Waals surface area contributed by atoms with Gasteiger partial charge < -0.3 is 15.4 Å². The normalized spacial score (nSPS) is 8.64. The molecule has 11 heavy (non-hydrogen) atoms. The molecule has 7 nitrogen and oxygen atoms in total. The van der Waals surface area contributed by atoms with Gasteiger partial charge >= 0.3 is 5.97 Å². The molecule has 0 fully saturated rings. The molecule has 9 heteroatoms. The number of rotatable bonds is 1. The molecule has 0 spiro atoms. The van der Waals surface area contributed by atoms with E-state index in [-0.39, 0.29) is 26.0 Å². The van der Waals surface area contributed by atoms with E-state index < -0.39 is 16.4 Å². The van der Waals surface area contributed by atoms with Crippen LogP contribution in [0.25, 0.3) is 0 Å². The Morgan fingerprint density at radius 1 is 1.55 bits per heavy atom. The van der Waals surface area contributed by atoms with Crippen molar-refractivity contribution in [1.82, 2.24) is 0 Å². The average Bonchev–Trinajstić information content (AvgIpc) is 1.61. The second-order valence-corrected chi connectivity index (χ2v) is 1.88. The topological polar surface area (TPSA) is 141 Å². The first-order valence-electron chi connectivity index (χ1n) is 1.87. The van der Waals surface area contributed by atoms with Crippen LogP contribution in [0.4, 0.5) is 0 Å². The maximum atomic E-state index is 9.24. The SMILES string of the molecule is NCC(=O)O.O=S(=O)([O-])O.[Zn]. The van der Waals surface area contributed by atoms with Gasteiger partial charge in [0.25, 0.3) is 0 Å². The minimum absolute atomic E-state index is 0. The van der Waals surface area contributed by atoms with Gasteiger partial charge in [-0.1, -0.05) is 0 Å². The van der Waals surface area contributed by atoms with Crippen molar-refractivity contribution in [2.75, 3.05) is 6.54 Å². The van der Waals surface area contributed by atoms with Gasteiger partial charge in [0, 0.05) is 19.5 Å². The summed E-state index contributed by atoms with van der Waals surface area (Å²) < 4.78 is 32.8. The number of aliphatic carboxylic acids is 1. The van der Waals surface area contributed by atoms with Crippen LogP contribution < -0.4 is 5.73 Å². The first-order valence-corrected chi connectivity index (χ1v) is 3.24. The van der Waals surface area contributed by atoms with Gasteiger partial charge in [0.2, 0.25) is 10.4 Å². The Hall–Kier alpha value is -0.0766. The number of hydrogen-bond acceptors (Lipinski definition) is 5. The Kier molecular flexibility index (Phi) is 12.5. The molecule has 0 aliphatic rings. The number of carboxylic acids is 1. The van der Waals surface area contributed by atoms with Gasteiger partial charge in [0.05, 0.1) is 6.54 Å². The molecule has 0 aromatic rings. The number of hydrogen-bond donors (Lipinski definition) is 3. The van der Waals surface area contributed by atoms with Crippen LogP contribution in [0.15, 0.2) is 0 Å². The quantitative estimate of drug-likeness (QED) is 0.273. The molecule has 0 aliphatic carbocycles. The molecule has 0 unspecified atom stereocenters. The summed E-state index contributed by atoms with van der Waals surface area (Å²) in [6.07, 6.45) is 0. The summed E-state index contributed by atoms with van der Waals surface area (Å²) in [6.45, 7) is -0.278. The van der Waals surface area contributed by atoms with E-state index in [1.54, 1.807) is 0 Å². The summed E-state index contributed by atoms with van der Waals surface area (Å²) in [5.41, 5.74) is 4.57. The monoisotopic (exact) mass is 236 g/mol. The van der Waals surface area contributed by atoms with E-state index in [4.69, 9.17) is 22.6 Å². The van der Waals surface area contributed by atoms with Crippen molar-refractivity contribution in [1.29, 1.82) is 0 Å². The number of carbonyl (C=O) groups is 1. The third kappa shape index (κ3) is 168. The van der Waals surface area contributed by atoms with Crippen LogP contribution in [0, 0.1) is 0 Å². The van der Waals surface area contributed by atoms with Crippen LogP contribution >= 0.6 is 0 Å². The maximum Gasteiger partial charge on any atom is 0.317 e. The summed E-state index contributed by atoms with van der Waals surface area (Å²) >= 11 is 0. The van der Waals surface area contributed by atoms with E-state index in [1.807, 2.05) is 0 Å². The summed E-state index contributed by atoms with van der Waals surface area (Å²) in [6, 6.07) is 0. The molecule has 4 N–H and O–H groups in total. The second kappa shape index (κ2) is 8.02. The van der Waals surface area contributed by atoms with Crippen LogP contribution in [0.5, 0.6) is 0 Å². The van der Waals surface area contributed by atoms with Crippen LogP contribution in [-0.2, 0) is 34.7 Å². The fourth-order valence-electron chi connectivity index (χ4n) is 0. The Morgan fingerprint density at radius 3 is 1.64 bits per heavy atom. The smallest absolute Gasteiger partial charge is 0.317 e. The Balaban J connectivity index is -0.000000107. The van der Waals surface area contributed by atoms with Crippen LogP contribution in [0.2, 0.25) is 0 Å². The summed E-state index contributed by atoms with van der Waals surface area (Å²) in [4.78, 5) is 9.24. The van der Waals surface area contributed by atoms with Crippen molar-refractivity contribution in [3.8, 4) is 0 Å². The molecule has 0 atom stereocenters. The maximum absolute atomic E-state index is 9.24. The predicted molar refractivity (Wildman–Crippen MR) is 29.0 cm³/mol. The summed E-state index contributed by atoms with van der Waals surface area (Å²) in [5.74, 6) is -0.968. The fraction of sp³-hybridized carbons (Fsp3) is 0.500.